The van der Waals surface area contributed by atoms with Crippen molar-refractivity contribution in [2.24, 2.45) is 0 Å². The van der Waals surface area contributed by atoms with Crippen molar-refractivity contribution in [1.29, 1.82) is 0 Å². The van der Waals surface area contributed by atoms with Gasteiger partial charge in [-0.3, -0.25) is 24.6 Å². The van der Waals surface area contributed by atoms with E-state index in [1.165, 1.54) is 24.1 Å². The molecule has 0 radical (unpaired) electrons. The minimum Gasteiger partial charge on any atom is -0.506 e. The summed E-state index contributed by atoms with van der Waals surface area (Å²) in [7, 11) is 1.30. The number of thiocarbonyl (C=S) groups is 1. The number of carbonyl (C=O) groups is 3. The number of anilines is 1. The van der Waals surface area contributed by atoms with Crippen molar-refractivity contribution in [3.05, 3.63) is 68.6 Å². The summed E-state index contributed by atoms with van der Waals surface area (Å²) in [6.45, 7) is 0.225. The van der Waals surface area contributed by atoms with Crippen LogP contribution >= 0.6 is 24.0 Å². The highest BCUT2D eigenvalue weighted by Crippen LogP contribution is 2.33. The van der Waals surface area contributed by atoms with Crippen LogP contribution in [0.4, 0.5) is 11.4 Å². The van der Waals surface area contributed by atoms with E-state index in [0.717, 1.165) is 23.4 Å². The molecule has 1 fully saturated rings. The molecule has 0 bridgehead atoms. The van der Waals surface area contributed by atoms with E-state index in [2.05, 4.69) is 10.1 Å². The summed E-state index contributed by atoms with van der Waals surface area (Å²) >= 11 is 6.44. The number of phenols is 1. The quantitative estimate of drug-likeness (QED) is 0.138. The number of nitro groups is 1. The number of nitrogens with zero attached hydrogens (tertiary/aromatic N) is 2. The number of nitro benzene ring substituents is 1. The van der Waals surface area contributed by atoms with Gasteiger partial charge >= 0.3 is 5.97 Å². The van der Waals surface area contributed by atoms with E-state index in [9.17, 15) is 29.6 Å². The fourth-order valence-corrected chi connectivity index (χ4v) is 4.34. The van der Waals surface area contributed by atoms with E-state index in [4.69, 9.17) is 12.2 Å². The van der Waals surface area contributed by atoms with Crippen molar-refractivity contribution in [2.75, 3.05) is 19.0 Å². The highest BCUT2D eigenvalue weighted by atomic mass is 32.2. The van der Waals surface area contributed by atoms with Crippen LogP contribution in [0.5, 0.6) is 5.75 Å². The van der Waals surface area contributed by atoms with Crippen LogP contribution in [-0.4, -0.2) is 50.7 Å². The van der Waals surface area contributed by atoms with Crippen molar-refractivity contribution >= 4 is 63.5 Å². The van der Waals surface area contributed by atoms with Gasteiger partial charge in [-0.15, -0.1) is 0 Å². The number of methoxy groups -OCH3 is 1. The summed E-state index contributed by atoms with van der Waals surface area (Å²) in [6, 6.07) is 9.94. The van der Waals surface area contributed by atoms with E-state index >= 15 is 0 Å². The zero-order valence-electron chi connectivity index (χ0n) is 17.8. The first-order valence-corrected chi connectivity index (χ1v) is 11.1. The molecule has 1 aliphatic rings. The Bertz CT molecular complexity index is 1200. The molecule has 2 aromatic carbocycles. The molecule has 0 aliphatic carbocycles. The molecule has 2 aromatic rings. The third-order valence-electron chi connectivity index (χ3n) is 4.75. The molecule has 0 unspecified atom stereocenters. The topological polar surface area (TPSA) is 139 Å². The van der Waals surface area contributed by atoms with Gasteiger partial charge in [0.25, 0.3) is 11.6 Å². The molecule has 0 atom stereocenters. The number of hydrogen-bond acceptors (Lipinski definition) is 9. The van der Waals surface area contributed by atoms with Gasteiger partial charge in [-0.2, -0.15) is 0 Å². The van der Waals surface area contributed by atoms with Gasteiger partial charge in [-0.25, -0.2) is 4.79 Å². The number of phenolic OH excluding ortho intramolecular Hbond substituents is 1. The number of thioether (sulfide) groups is 1. The lowest BCUT2D eigenvalue weighted by molar-refractivity contribution is -0.384. The Hall–Kier alpha value is -3.77. The minimum absolute atomic E-state index is 0.0432. The number of ether oxygens (including phenoxy) is 1. The molecular weight excluding hydrogens is 482 g/mol. The van der Waals surface area contributed by atoms with Crippen LogP contribution in [0.25, 0.3) is 6.08 Å². The van der Waals surface area contributed by atoms with Gasteiger partial charge < -0.3 is 15.2 Å². The summed E-state index contributed by atoms with van der Waals surface area (Å²) < 4.78 is 5.03. The Morgan fingerprint density at radius 1 is 1.26 bits per heavy atom. The Morgan fingerprint density at radius 2 is 1.97 bits per heavy atom. The monoisotopic (exact) mass is 501 g/mol. The summed E-state index contributed by atoms with van der Waals surface area (Å²) in [5.41, 5.74) is 0.877. The Balaban J connectivity index is 1.54. The molecular formula is C22H19N3O7S2. The average Bonchev–Trinajstić information content (AvgIpc) is 3.07. The van der Waals surface area contributed by atoms with Gasteiger partial charge in [0.05, 0.1) is 34.3 Å². The standard InChI is InChI=1S/C22H19N3O7S2/c1-32-21(29)14-6-4-13(5-7-14)11-18-20(28)24(22(33)34-18)10-2-3-19(27)23-16-9-8-15(25(30)31)12-17(16)26/h4-9,11-12,26H,2-3,10H2,1H3,(H,23,27). The van der Waals surface area contributed by atoms with E-state index in [1.54, 1.807) is 30.3 Å². The summed E-state index contributed by atoms with van der Waals surface area (Å²) in [5, 5.41) is 23.0. The fourth-order valence-electron chi connectivity index (χ4n) is 3.03. The molecule has 2 N–H and O–H groups in total. The zero-order valence-corrected chi connectivity index (χ0v) is 19.5. The number of esters is 1. The molecule has 1 heterocycles. The SMILES string of the molecule is COC(=O)c1ccc(C=C2SC(=S)N(CCCC(=O)Nc3ccc([N+](=O)[O-])cc3O)C2=O)cc1. The number of nitrogens with one attached hydrogen (secondary N) is 1. The highest BCUT2D eigenvalue weighted by Gasteiger charge is 2.31. The predicted octanol–water partition coefficient (Wildman–Crippen LogP) is 3.71. The number of rotatable bonds is 8. The lowest BCUT2D eigenvalue weighted by Crippen LogP contribution is -2.29. The smallest absolute Gasteiger partial charge is 0.337 e. The second-order valence-electron chi connectivity index (χ2n) is 7.06. The maximum atomic E-state index is 12.7. The van der Waals surface area contributed by atoms with Gasteiger partial charge in [-0.05, 0) is 36.3 Å². The van der Waals surface area contributed by atoms with E-state index < -0.39 is 22.5 Å². The van der Waals surface area contributed by atoms with Gasteiger partial charge in [-0.1, -0.05) is 36.1 Å². The van der Waals surface area contributed by atoms with Crippen LogP contribution in [0.2, 0.25) is 0 Å². The molecule has 10 nitrogen and oxygen atoms in total. The van der Waals surface area contributed by atoms with Gasteiger partial charge in [0.1, 0.15) is 10.1 Å². The normalized spacial score (nSPS) is 14.4. The van der Waals surface area contributed by atoms with Crippen molar-refractivity contribution < 1.29 is 29.2 Å². The lowest BCUT2D eigenvalue weighted by atomic mass is 10.1. The first kappa shape index (κ1) is 24.9. The fraction of sp³-hybridized carbons (Fsp3) is 0.182. The minimum atomic E-state index is -0.653. The molecule has 2 amide bonds. The third kappa shape index (κ3) is 5.97. The maximum absolute atomic E-state index is 12.7. The lowest BCUT2D eigenvalue weighted by Gasteiger charge is -2.14. The number of non-ortho nitro benzene ring substituents is 1. The number of aromatic hydroxyl groups is 1. The number of benzene rings is 2. The number of hydrogen-bond donors (Lipinski definition) is 2. The molecule has 3 rings (SSSR count). The molecule has 0 saturated carbocycles. The number of amides is 2. The van der Waals surface area contributed by atoms with Crippen molar-refractivity contribution in [3.63, 3.8) is 0 Å². The van der Waals surface area contributed by atoms with E-state index in [1.807, 2.05) is 0 Å². The average molecular weight is 502 g/mol. The van der Waals surface area contributed by atoms with Crippen LogP contribution in [0, 0.1) is 10.1 Å². The van der Waals surface area contributed by atoms with Crippen LogP contribution in [0.1, 0.15) is 28.8 Å². The van der Waals surface area contributed by atoms with Crippen LogP contribution in [0.3, 0.4) is 0 Å². The van der Waals surface area contributed by atoms with Crippen LogP contribution in [0.15, 0.2) is 47.4 Å². The van der Waals surface area contributed by atoms with Gasteiger partial charge in [0.2, 0.25) is 5.91 Å². The molecule has 34 heavy (non-hydrogen) atoms. The summed E-state index contributed by atoms with van der Waals surface area (Å²) in [6.07, 6.45) is 2.03. The molecule has 1 aliphatic heterocycles. The van der Waals surface area contributed by atoms with E-state index in [0.29, 0.717) is 21.2 Å². The van der Waals surface area contributed by atoms with Gasteiger partial charge in [0, 0.05) is 19.0 Å². The van der Waals surface area contributed by atoms with Crippen molar-refractivity contribution in [1.82, 2.24) is 4.90 Å². The molecule has 0 spiro atoms. The number of carbonyl (C=O) groups excluding carboxylic acids is 3. The summed E-state index contributed by atoms with van der Waals surface area (Å²) in [5.74, 6) is -1.56. The second kappa shape index (κ2) is 10.9. The first-order valence-electron chi connectivity index (χ1n) is 9.90. The Kier molecular flexibility index (Phi) is 7.97. The zero-order chi connectivity index (χ0) is 24.8. The van der Waals surface area contributed by atoms with Gasteiger partial charge in [0.15, 0.2) is 0 Å². The summed E-state index contributed by atoms with van der Waals surface area (Å²) in [4.78, 5) is 48.3. The van der Waals surface area contributed by atoms with Crippen molar-refractivity contribution in [3.8, 4) is 5.75 Å². The maximum Gasteiger partial charge on any atom is 0.337 e. The molecule has 12 heteroatoms. The van der Waals surface area contributed by atoms with E-state index in [-0.39, 0.29) is 30.2 Å². The Morgan fingerprint density at radius 3 is 2.59 bits per heavy atom. The molecule has 0 aromatic heterocycles. The molecule has 1 saturated heterocycles. The predicted molar refractivity (Wildman–Crippen MR) is 130 cm³/mol. The van der Waals surface area contributed by atoms with Crippen LogP contribution < -0.4 is 5.32 Å². The van der Waals surface area contributed by atoms with Crippen molar-refractivity contribution in [2.45, 2.75) is 12.8 Å². The first-order chi connectivity index (χ1) is 16.2. The highest BCUT2D eigenvalue weighted by molar-refractivity contribution is 8.26. The largest absolute Gasteiger partial charge is 0.506 e. The third-order valence-corrected chi connectivity index (χ3v) is 6.13. The molecule has 176 valence electrons. The second-order valence-corrected chi connectivity index (χ2v) is 8.73. The van der Waals surface area contributed by atoms with Crippen LogP contribution in [-0.2, 0) is 14.3 Å². The Labute approximate surface area is 203 Å².